The van der Waals surface area contributed by atoms with E-state index < -0.39 is 6.10 Å². The molecule has 1 aliphatic rings. The van der Waals surface area contributed by atoms with Gasteiger partial charge in [-0.2, -0.15) is 0 Å². The molecule has 2 aromatic rings. The van der Waals surface area contributed by atoms with Crippen LogP contribution in [0.3, 0.4) is 0 Å². The predicted octanol–water partition coefficient (Wildman–Crippen LogP) is 2.93. The Bertz CT molecular complexity index is 846. The highest BCUT2D eigenvalue weighted by atomic mass is 16.5. The normalized spacial score (nSPS) is 15.9. The van der Waals surface area contributed by atoms with Crippen LogP contribution in [-0.4, -0.2) is 73.4 Å². The zero-order valence-electron chi connectivity index (χ0n) is 17.7. The Morgan fingerprint density at radius 3 is 2.50 bits per heavy atom. The van der Waals surface area contributed by atoms with Gasteiger partial charge in [0.2, 0.25) is 0 Å². The fraction of sp³-hybridized carbons (Fsp3) is 0.375. The first-order valence-electron chi connectivity index (χ1n) is 10.3. The van der Waals surface area contributed by atoms with Gasteiger partial charge >= 0.3 is 0 Å². The third-order valence-electron chi connectivity index (χ3n) is 5.13. The molecule has 1 fully saturated rings. The molecule has 1 N–H and O–H groups in total. The summed E-state index contributed by atoms with van der Waals surface area (Å²) in [7, 11) is 1.61. The van der Waals surface area contributed by atoms with E-state index in [0.717, 1.165) is 18.7 Å². The Kier molecular flexibility index (Phi) is 7.88. The number of methoxy groups -OCH3 is 1. The van der Waals surface area contributed by atoms with E-state index in [9.17, 15) is 9.90 Å². The molecule has 6 heteroatoms. The lowest BCUT2D eigenvalue weighted by Gasteiger charge is -2.35. The number of nitrogens with zero attached hydrogens (tertiary/aromatic N) is 2. The summed E-state index contributed by atoms with van der Waals surface area (Å²) in [4.78, 5) is 16.6. The number of hydrogen-bond acceptors (Lipinski definition) is 5. The molecule has 0 aromatic heterocycles. The van der Waals surface area contributed by atoms with E-state index in [0.29, 0.717) is 36.7 Å². The van der Waals surface area contributed by atoms with Gasteiger partial charge < -0.3 is 19.5 Å². The summed E-state index contributed by atoms with van der Waals surface area (Å²) in [6.07, 6.45) is 3.33. The molecule has 6 nitrogen and oxygen atoms in total. The second-order valence-electron chi connectivity index (χ2n) is 7.33. The molecule has 30 heavy (non-hydrogen) atoms. The minimum absolute atomic E-state index is 0.0626. The van der Waals surface area contributed by atoms with E-state index in [1.165, 1.54) is 0 Å². The molecule has 160 valence electrons. The van der Waals surface area contributed by atoms with Crippen molar-refractivity contribution in [1.82, 2.24) is 9.80 Å². The van der Waals surface area contributed by atoms with Crippen LogP contribution in [0.25, 0.3) is 6.08 Å². The van der Waals surface area contributed by atoms with Gasteiger partial charge in [0.15, 0.2) is 11.5 Å². The molecule has 1 amide bonds. The number of hydrogen-bond donors (Lipinski definition) is 1. The summed E-state index contributed by atoms with van der Waals surface area (Å²) in [5.74, 6) is 1.32. The Labute approximate surface area is 178 Å². The van der Waals surface area contributed by atoms with Gasteiger partial charge in [0.05, 0.1) is 7.11 Å². The number of benzene rings is 2. The van der Waals surface area contributed by atoms with Crippen LogP contribution >= 0.6 is 0 Å². The van der Waals surface area contributed by atoms with Crippen LogP contribution in [-0.2, 0) is 0 Å². The molecule has 1 unspecified atom stereocenters. The highest BCUT2D eigenvalue weighted by Gasteiger charge is 2.23. The number of β-amino-alcohol motifs (C(OH)–C–C–N with tert-alkyl or cyclic N) is 1. The molecule has 0 bridgehead atoms. The summed E-state index contributed by atoms with van der Waals surface area (Å²) < 4.78 is 11.2. The minimum atomic E-state index is -0.624. The fourth-order valence-electron chi connectivity index (χ4n) is 3.53. The molecule has 1 aliphatic heterocycles. The quantitative estimate of drug-likeness (QED) is 0.725. The maximum absolute atomic E-state index is 12.5. The third kappa shape index (κ3) is 5.84. The van der Waals surface area contributed by atoms with Gasteiger partial charge in [-0.15, -0.1) is 0 Å². The lowest BCUT2D eigenvalue weighted by molar-refractivity contribution is 0.0400. The van der Waals surface area contributed by atoms with E-state index in [1.54, 1.807) is 7.11 Å². The first-order chi connectivity index (χ1) is 14.6. The molecule has 1 atom stereocenters. The van der Waals surface area contributed by atoms with Crippen molar-refractivity contribution in [2.24, 2.45) is 0 Å². The zero-order chi connectivity index (χ0) is 21.3. The first kappa shape index (κ1) is 21.9. The average molecular weight is 411 g/mol. The van der Waals surface area contributed by atoms with Gasteiger partial charge in [-0.3, -0.25) is 9.69 Å². The number of ether oxygens (including phenoxy) is 2. The largest absolute Gasteiger partial charge is 0.493 e. The molecule has 3 rings (SSSR count). The van der Waals surface area contributed by atoms with E-state index in [1.807, 2.05) is 72.5 Å². The van der Waals surface area contributed by atoms with E-state index in [-0.39, 0.29) is 12.5 Å². The number of rotatable bonds is 8. The molecule has 1 saturated heterocycles. The van der Waals surface area contributed by atoms with Crippen molar-refractivity contribution in [1.29, 1.82) is 0 Å². The van der Waals surface area contributed by atoms with Crippen molar-refractivity contribution in [2.75, 3.05) is 46.4 Å². The summed E-state index contributed by atoms with van der Waals surface area (Å²) >= 11 is 0. The highest BCUT2D eigenvalue weighted by Crippen LogP contribution is 2.28. The predicted molar refractivity (Wildman–Crippen MR) is 118 cm³/mol. The summed E-state index contributed by atoms with van der Waals surface area (Å²) in [5.41, 5.74) is 1.75. The van der Waals surface area contributed by atoms with Crippen molar-refractivity contribution < 1.29 is 19.4 Å². The zero-order valence-corrected chi connectivity index (χ0v) is 17.7. The Hall–Kier alpha value is -2.83. The number of carbonyl (C=O) groups excluding carboxylic acids is 1. The summed E-state index contributed by atoms with van der Waals surface area (Å²) in [6, 6.07) is 15.1. The number of allylic oxidation sites excluding steroid dienone is 1. The second kappa shape index (κ2) is 10.8. The topological polar surface area (TPSA) is 62.2 Å². The van der Waals surface area contributed by atoms with Crippen molar-refractivity contribution in [3.8, 4) is 11.5 Å². The van der Waals surface area contributed by atoms with Crippen LogP contribution in [0.15, 0.2) is 54.6 Å². The van der Waals surface area contributed by atoms with Gasteiger partial charge in [0.1, 0.15) is 12.7 Å². The maximum Gasteiger partial charge on any atom is 0.253 e. The first-order valence-corrected chi connectivity index (χ1v) is 10.3. The molecule has 0 spiro atoms. The van der Waals surface area contributed by atoms with Crippen molar-refractivity contribution in [3.05, 3.63) is 65.7 Å². The Morgan fingerprint density at radius 1 is 1.10 bits per heavy atom. The van der Waals surface area contributed by atoms with Gasteiger partial charge in [-0.1, -0.05) is 36.4 Å². The Balaban J connectivity index is 1.45. The molecular formula is C24H30N2O4. The average Bonchev–Trinajstić information content (AvgIpc) is 2.79. The van der Waals surface area contributed by atoms with Gasteiger partial charge in [-0.05, 0) is 36.8 Å². The van der Waals surface area contributed by atoms with Crippen LogP contribution in [0, 0.1) is 0 Å². The lowest BCUT2D eigenvalue weighted by Crippen LogP contribution is -2.50. The Morgan fingerprint density at radius 2 is 1.83 bits per heavy atom. The number of piperazine rings is 1. The van der Waals surface area contributed by atoms with Crippen molar-refractivity contribution in [2.45, 2.75) is 13.0 Å². The molecule has 0 saturated carbocycles. The van der Waals surface area contributed by atoms with Crippen LogP contribution in [0.5, 0.6) is 11.5 Å². The molecule has 1 heterocycles. The minimum Gasteiger partial charge on any atom is -0.493 e. The SMILES string of the molecule is C/C=C/c1ccc(OCC(O)CN2CCN(C(=O)c3ccccc3)CC2)c(OC)c1. The monoisotopic (exact) mass is 410 g/mol. The molecule has 0 radical (unpaired) electrons. The van der Waals surface area contributed by atoms with Gasteiger partial charge in [-0.25, -0.2) is 0 Å². The van der Waals surface area contributed by atoms with Crippen molar-refractivity contribution >= 4 is 12.0 Å². The van der Waals surface area contributed by atoms with Gasteiger partial charge in [0.25, 0.3) is 5.91 Å². The third-order valence-corrected chi connectivity index (χ3v) is 5.13. The molecule has 2 aromatic carbocycles. The van der Waals surface area contributed by atoms with Crippen molar-refractivity contribution in [3.63, 3.8) is 0 Å². The van der Waals surface area contributed by atoms with Crippen LogP contribution in [0.2, 0.25) is 0 Å². The number of aliphatic hydroxyl groups is 1. The molecular weight excluding hydrogens is 380 g/mol. The van der Waals surface area contributed by atoms with E-state index in [4.69, 9.17) is 9.47 Å². The van der Waals surface area contributed by atoms with Gasteiger partial charge in [0, 0.05) is 38.3 Å². The van der Waals surface area contributed by atoms with E-state index in [2.05, 4.69) is 4.90 Å². The number of aliphatic hydroxyl groups excluding tert-OH is 1. The summed E-state index contributed by atoms with van der Waals surface area (Å²) in [6.45, 7) is 5.43. The standard InChI is InChI=1S/C24H30N2O4/c1-3-7-19-10-11-22(23(16-19)29-2)30-18-21(27)17-25-12-14-26(15-13-25)24(28)20-8-5-4-6-9-20/h3-11,16,21,27H,12-15,17-18H2,1-2H3/b7-3+. The fourth-order valence-corrected chi connectivity index (χ4v) is 3.53. The van der Waals surface area contributed by atoms with Crippen LogP contribution in [0.1, 0.15) is 22.8 Å². The highest BCUT2D eigenvalue weighted by molar-refractivity contribution is 5.94. The summed E-state index contributed by atoms with van der Waals surface area (Å²) in [5, 5.41) is 10.4. The maximum atomic E-state index is 12.5. The molecule has 0 aliphatic carbocycles. The lowest BCUT2D eigenvalue weighted by atomic mass is 10.2. The second-order valence-corrected chi connectivity index (χ2v) is 7.33. The van der Waals surface area contributed by atoms with Crippen LogP contribution < -0.4 is 9.47 Å². The number of amides is 1. The van der Waals surface area contributed by atoms with E-state index >= 15 is 0 Å². The number of carbonyl (C=O) groups is 1. The smallest absolute Gasteiger partial charge is 0.253 e. The van der Waals surface area contributed by atoms with Crippen LogP contribution in [0.4, 0.5) is 0 Å².